The molecule has 1 atom stereocenters. The van der Waals surface area contributed by atoms with Gasteiger partial charge < -0.3 is 9.67 Å². The average Bonchev–Trinajstić information content (AvgIpc) is 2.96. The van der Waals surface area contributed by atoms with Gasteiger partial charge in [0.15, 0.2) is 5.82 Å². The van der Waals surface area contributed by atoms with Crippen LogP contribution in [0.25, 0.3) is 0 Å². The number of aromatic nitrogens is 3. The number of hydrogen-bond acceptors (Lipinski definition) is 3. The second-order valence-corrected chi connectivity index (χ2v) is 4.04. The normalized spacial score (nSPS) is 18.5. The maximum Gasteiger partial charge on any atom is 0.159 e. The summed E-state index contributed by atoms with van der Waals surface area (Å²) in [6.07, 6.45) is 3.47. The van der Waals surface area contributed by atoms with Crippen molar-refractivity contribution in [2.45, 2.75) is 51.7 Å². The first kappa shape index (κ1) is 9.65. The predicted molar refractivity (Wildman–Crippen MR) is 52.9 cm³/mol. The van der Waals surface area contributed by atoms with Gasteiger partial charge in [-0.25, -0.2) is 0 Å². The molecule has 1 unspecified atom stereocenters. The van der Waals surface area contributed by atoms with Crippen LogP contribution >= 0.6 is 0 Å². The second kappa shape index (κ2) is 3.69. The molecule has 0 spiro atoms. The van der Waals surface area contributed by atoms with E-state index in [1.165, 1.54) is 12.8 Å². The summed E-state index contributed by atoms with van der Waals surface area (Å²) in [5.41, 5.74) is 0. The summed E-state index contributed by atoms with van der Waals surface area (Å²) in [6, 6.07) is 0.552. The van der Waals surface area contributed by atoms with E-state index >= 15 is 0 Å². The van der Waals surface area contributed by atoms with Crippen molar-refractivity contribution < 1.29 is 5.11 Å². The Morgan fingerprint density at radius 3 is 2.71 bits per heavy atom. The Morgan fingerprint density at radius 1 is 1.50 bits per heavy atom. The van der Waals surface area contributed by atoms with Crippen LogP contribution in [0.5, 0.6) is 0 Å². The molecule has 0 saturated heterocycles. The van der Waals surface area contributed by atoms with E-state index in [0.717, 1.165) is 18.1 Å². The second-order valence-electron chi connectivity index (χ2n) is 4.04. The molecule has 1 aliphatic rings. The third-order valence-electron chi connectivity index (χ3n) is 2.90. The fraction of sp³-hybridized carbons (Fsp3) is 0.800. The third-order valence-corrected chi connectivity index (χ3v) is 2.90. The Labute approximate surface area is 84.0 Å². The van der Waals surface area contributed by atoms with Gasteiger partial charge in [0, 0.05) is 12.0 Å². The van der Waals surface area contributed by atoms with Crippen molar-refractivity contribution in [1.29, 1.82) is 0 Å². The number of hydrogen-bond donors (Lipinski definition) is 1. The predicted octanol–water partition coefficient (Wildman–Crippen LogP) is 1.62. The van der Waals surface area contributed by atoms with E-state index < -0.39 is 0 Å². The Kier molecular flexibility index (Phi) is 2.54. The van der Waals surface area contributed by atoms with Crippen molar-refractivity contribution in [2.24, 2.45) is 0 Å². The van der Waals surface area contributed by atoms with Gasteiger partial charge in [-0.2, -0.15) is 0 Å². The maximum absolute atomic E-state index is 9.14. The molecule has 0 amide bonds. The lowest BCUT2D eigenvalue weighted by Crippen LogP contribution is -2.08. The van der Waals surface area contributed by atoms with Crippen LogP contribution in [0.2, 0.25) is 0 Å². The highest BCUT2D eigenvalue weighted by atomic mass is 16.3. The lowest BCUT2D eigenvalue weighted by Gasteiger charge is -2.11. The molecule has 0 aliphatic heterocycles. The highest BCUT2D eigenvalue weighted by Crippen LogP contribution is 2.38. The molecule has 0 aromatic carbocycles. The van der Waals surface area contributed by atoms with Crippen molar-refractivity contribution in [3.8, 4) is 0 Å². The van der Waals surface area contributed by atoms with Gasteiger partial charge in [0.2, 0.25) is 0 Å². The van der Waals surface area contributed by atoms with E-state index in [0.29, 0.717) is 12.0 Å². The molecule has 0 bridgehead atoms. The van der Waals surface area contributed by atoms with E-state index in [-0.39, 0.29) is 6.61 Å². The fourth-order valence-corrected chi connectivity index (χ4v) is 1.69. The Morgan fingerprint density at radius 2 is 2.21 bits per heavy atom. The molecule has 1 N–H and O–H groups in total. The van der Waals surface area contributed by atoms with Crippen molar-refractivity contribution in [2.75, 3.05) is 0 Å². The Hall–Kier alpha value is -0.900. The minimum absolute atomic E-state index is 0.0000652. The molecule has 1 aliphatic carbocycles. The van der Waals surface area contributed by atoms with Crippen molar-refractivity contribution in [3.63, 3.8) is 0 Å². The molecule has 1 fully saturated rings. The SMILES string of the molecule is CCC(C)c1nnc(CO)n1C1CC1. The maximum atomic E-state index is 9.14. The summed E-state index contributed by atoms with van der Waals surface area (Å²) >= 11 is 0. The fourth-order valence-electron chi connectivity index (χ4n) is 1.69. The average molecular weight is 195 g/mol. The molecule has 78 valence electrons. The van der Waals surface area contributed by atoms with Crippen LogP contribution in [-0.2, 0) is 6.61 Å². The van der Waals surface area contributed by atoms with Crippen LogP contribution in [0, 0.1) is 0 Å². The van der Waals surface area contributed by atoms with E-state index in [1.54, 1.807) is 0 Å². The van der Waals surface area contributed by atoms with Crippen LogP contribution in [0.3, 0.4) is 0 Å². The largest absolute Gasteiger partial charge is 0.388 e. The smallest absolute Gasteiger partial charge is 0.159 e. The topological polar surface area (TPSA) is 50.9 Å². The van der Waals surface area contributed by atoms with Crippen LogP contribution in [0.1, 0.15) is 56.7 Å². The molecule has 1 aromatic heterocycles. The molecule has 2 rings (SSSR count). The van der Waals surface area contributed by atoms with Gasteiger partial charge in [-0.15, -0.1) is 10.2 Å². The molecule has 1 aromatic rings. The van der Waals surface area contributed by atoms with Gasteiger partial charge in [-0.3, -0.25) is 0 Å². The molecule has 0 radical (unpaired) electrons. The van der Waals surface area contributed by atoms with Crippen LogP contribution in [0.4, 0.5) is 0 Å². The standard InChI is InChI=1S/C10H17N3O/c1-3-7(2)10-12-11-9(6-14)13(10)8-4-5-8/h7-8,14H,3-6H2,1-2H3. The lowest BCUT2D eigenvalue weighted by atomic mass is 10.1. The van der Waals surface area contributed by atoms with E-state index in [9.17, 15) is 0 Å². The zero-order valence-electron chi connectivity index (χ0n) is 8.77. The van der Waals surface area contributed by atoms with Crippen LogP contribution in [-0.4, -0.2) is 19.9 Å². The van der Waals surface area contributed by atoms with Crippen molar-refractivity contribution in [3.05, 3.63) is 11.6 Å². The van der Waals surface area contributed by atoms with E-state index in [4.69, 9.17) is 5.11 Å². The summed E-state index contributed by atoms with van der Waals surface area (Å²) in [7, 11) is 0. The first-order valence-electron chi connectivity index (χ1n) is 5.32. The molecular formula is C10H17N3O. The number of aliphatic hydroxyl groups is 1. The van der Waals surface area contributed by atoms with Gasteiger partial charge in [0.25, 0.3) is 0 Å². The van der Waals surface area contributed by atoms with Gasteiger partial charge in [-0.05, 0) is 19.3 Å². The summed E-state index contributed by atoms with van der Waals surface area (Å²) < 4.78 is 2.13. The molecule has 1 saturated carbocycles. The number of rotatable bonds is 4. The van der Waals surface area contributed by atoms with E-state index in [1.807, 2.05) is 0 Å². The highest BCUT2D eigenvalue weighted by molar-refractivity contribution is 5.05. The van der Waals surface area contributed by atoms with Gasteiger partial charge in [0.1, 0.15) is 12.4 Å². The Balaban J connectivity index is 2.33. The van der Waals surface area contributed by atoms with Gasteiger partial charge in [-0.1, -0.05) is 13.8 Å². The Bertz CT molecular complexity index is 317. The number of nitrogens with zero attached hydrogens (tertiary/aromatic N) is 3. The van der Waals surface area contributed by atoms with E-state index in [2.05, 4.69) is 28.6 Å². The quantitative estimate of drug-likeness (QED) is 0.794. The van der Waals surface area contributed by atoms with Gasteiger partial charge in [0.05, 0.1) is 0 Å². The van der Waals surface area contributed by atoms with Crippen LogP contribution in [0.15, 0.2) is 0 Å². The summed E-state index contributed by atoms with van der Waals surface area (Å²) in [4.78, 5) is 0. The monoisotopic (exact) mass is 195 g/mol. The third kappa shape index (κ3) is 1.54. The molecule has 14 heavy (non-hydrogen) atoms. The molecule has 4 heteroatoms. The van der Waals surface area contributed by atoms with Crippen LogP contribution < -0.4 is 0 Å². The molecular weight excluding hydrogens is 178 g/mol. The minimum Gasteiger partial charge on any atom is -0.388 e. The zero-order valence-corrected chi connectivity index (χ0v) is 8.77. The first-order chi connectivity index (χ1) is 6.77. The van der Waals surface area contributed by atoms with Crippen molar-refractivity contribution >= 4 is 0 Å². The first-order valence-corrected chi connectivity index (χ1v) is 5.32. The molecule has 4 nitrogen and oxygen atoms in total. The zero-order chi connectivity index (χ0) is 10.1. The minimum atomic E-state index is -0.0000652. The number of aliphatic hydroxyl groups excluding tert-OH is 1. The summed E-state index contributed by atoms with van der Waals surface area (Å²) in [5.74, 6) is 2.20. The van der Waals surface area contributed by atoms with Gasteiger partial charge >= 0.3 is 0 Å². The lowest BCUT2D eigenvalue weighted by molar-refractivity contribution is 0.264. The summed E-state index contributed by atoms with van der Waals surface area (Å²) in [5, 5.41) is 17.3. The van der Waals surface area contributed by atoms with Crippen molar-refractivity contribution in [1.82, 2.24) is 14.8 Å². The molecule has 1 heterocycles. The highest BCUT2D eigenvalue weighted by Gasteiger charge is 2.30. The summed E-state index contributed by atoms with van der Waals surface area (Å²) in [6.45, 7) is 4.30.